The van der Waals surface area contributed by atoms with Gasteiger partial charge in [-0.25, -0.2) is 0 Å². The number of aromatic nitrogens is 1. The maximum atomic E-state index is 6.94. The Labute approximate surface area is 182 Å². The number of hydrogen-bond donors (Lipinski definition) is 0. The Hall–Kier alpha value is -3.40. The molecule has 1 aromatic heterocycles. The lowest BCUT2D eigenvalue weighted by Crippen LogP contribution is -2.61. The van der Waals surface area contributed by atoms with Crippen molar-refractivity contribution in [2.45, 2.75) is 38.3 Å². The van der Waals surface area contributed by atoms with Crippen LogP contribution in [0.1, 0.15) is 31.9 Å². The average molecular weight is 408 g/mol. The first-order valence-corrected chi connectivity index (χ1v) is 10.9. The van der Waals surface area contributed by atoms with Gasteiger partial charge in [-0.3, -0.25) is 9.98 Å². The summed E-state index contributed by atoms with van der Waals surface area (Å²) in [7, 11) is 2.11. The molecule has 1 unspecified atom stereocenters. The summed E-state index contributed by atoms with van der Waals surface area (Å²) in [6, 6.07) is 19.2. The zero-order valence-electron chi connectivity index (χ0n) is 18.3. The van der Waals surface area contributed by atoms with E-state index in [1.54, 1.807) is 0 Å². The molecule has 0 aliphatic carbocycles. The van der Waals surface area contributed by atoms with Gasteiger partial charge in [-0.2, -0.15) is 0 Å². The first-order valence-electron chi connectivity index (χ1n) is 10.9. The molecule has 1 atom stereocenters. The fraction of sp³-hybridized carbons (Fsp3) is 0.259. The summed E-state index contributed by atoms with van der Waals surface area (Å²) in [5.41, 5.74) is 4.55. The van der Waals surface area contributed by atoms with Crippen LogP contribution in [0.25, 0.3) is 21.7 Å². The normalized spacial score (nSPS) is 20.8. The van der Waals surface area contributed by atoms with Crippen LogP contribution in [0.3, 0.4) is 0 Å². The van der Waals surface area contributed by atoms with Crippen molar-refractivity contribution in [3.05, 3.63) is 71.9 Å². The first kappa shape index (κ1) is 18.4. The molecule has 4 heteroatoms. The lowest BCUT2D eigenvalue weighted by atomic mass is 9.76. The van der Waals surface area contributed by atoms with Crippen molar-refractivity contribution in [1.29, 1.82) is 0 Å². The van der Waals surface area contributed by atoms with Gasteiger partial charge in [0.1, 0.15) is 11.4 Å². The van der Waals surface area contributed by atoms with E-state index in [-0.39, 0.29) is 5.41 Å². The van der Waals surface area contributed by atoms with E-state index in [1.807, 2.05) is 18.5 Å². The van der Waals surface area contributed by atoms with Gasteiger partial charge in [0.25, 0.3) is 0 Å². The van der Waals surface area contributed by atoms with Crippen LogP contribution in [0.2, 0.25) is 0 Å². The highest BCUT2D eigenvalue weighted by atomic mass is 16.5. The SMILES string of the molecule is CCc1cc2c(c3cccnc13)N=CC1(O2)N(C)c2ccc3ccccc3c2C1(C)C. The standard InChI is InChI=1S/C27H25N3O/c1-5-17-15-22-25(20-11-8-14-28-24(17)20)29-16-27(31-22)26(2,3)23-19-10-7-6-9-18(19)12-13-21(23)30(27)4/h6-16H,5H2,1-4H3. The fourth-order valence-corrected chi connectivity index (χ4v) is 5.52. The molecule has 1 spiro atoms. The molecule has 2 aliphatic rings. The van der Waals surface area contributed by atoms with Crippen molar-refractivity contribution in [3.63, 3.8) is 0 Å². The van der Waals surface area contributed by atoms with Crippen molar-refractivity contribution in [2.24, 2.45) is 4.99 Å². The Balaban J connectivity index is 1.60. The summed E-state index contributed by atoms with van der Waals surface area (Å²) in [4.78, 5) is 11.9. The van der Waals surface area contributed by atoms with Crippen LogP contribution in [-0.4, -0.2) is 24.0 Å². The maximum absolute atomic E-state index is 6.94. The molecule has 0 saturated heterocycles. The predicted molar refractivity (Wildman–Crippen MR) is 128 cm³/mol. The van der Waals surface area contributed by atoms with Crippen molar-refractivity contribution < 1.29 is 4.74 Å². The predicted octanol–water partition coefficient (Wildman–Crippen LogP) is 6.17. The minimum atomic E-state index is -0.701. The second-order valence-electron chi connectivity index (χ2n) is 9.06. The number of fused-ring (bicyclic) bond motifs is 6. The van der Waals surface area contributed by atoms with Gasteiger partial charge in [-0.15, -0.1) is 0 Å². The van der Waals surface area contributed by atoms with E-state index in [0.29, 0.717) is 0 Å². The van der Waals surface area contributed by atoms with E-state index in [4.69, 9.17) is 9.73 Å². The highest BCUT2D eigenvalue weighted by Crippen LogP contribution is 2.56. The molecule has 3 aromatic carbocycles. The van der Waals surface area contributed by atoms with E-state index in [0.717, 1.165) is 28.8 Å². The Morgan fingerprint density at radius 2 is 1.81 bits per heavy atom. The molecular formula is C27H25N3O. The van der Waals surface area contributed by atoms with Crippen LogP contribution in [-0.2, 0) is 11.8 Å². The smallest absolute Gasteiger partial charge is 0.228 e. The largest absolute Gasteiger partial charge is 0.459 e. The molecule has 0 saturated carbocycles. The number of likely N-dealkylation sites (N-methyl/N-ethyl adjacent to an activating group) is 1. The van der Waals surface area contributed by atoms with E-state index in [1.165, 1.54) is 27.6 Å². The molecule has 2 aliphatic heterocycles. The quantitative estimate of drug-likeness (QED) is 0.379. The van der Waals surface area contributed by atoms with Crippen molar-refractivity contribution in [1.82, 2.24) is 4.98 Å². The van der Waals surface area contributed by atoms with E-state index >= 15 is 0 Å². The summed E-state index contributed by atoms with van der Waals surface area (Å²) in [5.74, 6) is 0.830. The summed E-state index contributed by atoms with van der Waals surface area (Å²) in [6.45, 7) is 6.69. The molecular weight excluding hydrogens is 382 g/mol. The second-order valence-corrected chi connectivity index (χ2v) is 9.06. The van der Waals surface area contributed by atoms with E-state index in [9.17, 15) is 0 Å². The molecule has 6 rings (SSSR count). The maximum Gasteiger partial charge on any atom is 0.228 e. The fourth-order valence-electron chi connectivity index (χ4n) is 5.52. The van der Waals surface area contributed by atoms with Crippen molar-refractivity contribution >= 4 is 39.3 Å². The number of aliphatic imine (C=N–C) groups is 1. The Kier molecular flexibility index (Phi) is 3.60. The van der Waals surface area contributed by atoms with Crippen LogP contribution in [0.4, 0.5) is 11.4 Å². The van der Waals surface area contributed by atoms with Crippen LogP contribution in [0, 0.1) is 0 Å². The Bertz CT molecular complexity index is 1400. The van der Waals surface area contributed by atoms with Crippen molar-refractivity contribution in [2.75, 3.05) is 11.9 Å². The number of benzene rings is 3. The van der Waals surface area contributed by atoms with Crippen LogP contribution >= 0.6 is 0 Å². The highest BCUT2D eigenvalue weighted by molar-refractivity contribution is 6.02. The van der Waals surface area contributed by atoms with Gasteiger partial charge in [0.2, 0.25) is 5.72 Å². The second kappa shape index (κ2) is 6.07. The summed E-state index contributed by atoms with van der Waals surface area (Å²) in [5, 5.41) is 3.57. The molecule has 4 nitrogen and oxygen atoms in total. The summed E-state index contributed by atoms with van der Waals surface area (Å²) < 4.78 is 6.94. The van der Waals surface area contributed by atoms with Crippen molar-refractivity contribution in [3.8, 4) is 5.75 Å². The zero-order chi connectivity index (χ0) is 21.4. The molecule has 31 heavy (non-hydrogen) atoms. The molecule has 154 valence electrons. The van der Waals surface area contributed by atoms with Gasteiger partial charge < -0.3 is 9.64 Å². The van der Waals surface area contributed by atoms with Gasteiger partial charge >= 0.3 is 0 Å². The molecule has 0 fully saturated rings. The Morgan fingerprint density at radius 3 is 2.65 bits per heavy atom. The minimum absolute atomic E-state index is 0.310. The number of rotatable bonds is 1. The molecule has 0 radical (unpaired) electrons. The zero-order valence-corrected chi connectivity index (χ0v) is 18.3. The molecule has 0 N–H and O–H groups in total. The number of hydrogen-bond acceptors (Lipinski definition) is 4. The highest BCUT2D eigenvalue weighted by Gasteiger charge is 2.59. The third-order valence-electron chi connectivity index (χ3n) is 7.21. The van der Waals surface area contributed by atoms with Crippen LogP contribution in [0.15, 0.2) is 65.8 Å². The lowest BCUT2D eigenvalue weighted by Gasteiger charge is -2.45. The first-order chi connectivity index (χ1) is 15.0. The van der Waals surface area contributed by atoms with Crippen LogP contribution < -0.4 is 9.64 Å². The monoisotopic (exact) mass is 407 g/mol. The van der Waals surface area contributed by atoms with Gasteiger partial charge in [0.15, 0.2) is 0 Å². The third kappa shape index (κ3) is 2.20. The van der Waals surface area contributed by atoms with Gasteiger partial charge in [0.05, 0.1) is 17.1 Å². The topological polar surface area (TPSA) is 37.7 Å². The third-order valence-corrected chi connectivity index (χ3v) is 7.21. The minimum Gasteiger partial charge on any atom is -0.459 e. The van der Waals surface area contributed by atoms with Crippen LogP contribution in [0.5, 0.6) is 5.75 Å². The van der Waals surface area contributed by atoms with Gasteiger partial charge in [-0.1, -0.05) is 37.3 Å². The van der Waals surface area contributed by atoms with E-state index < -0.39 is 5.72 Å². The number of pyridine rings is 1. The van der Waals surface area contributed by atoms with E-state index in [2.05, 4.69) is 86.2 Å². The summed E-state index contributed by atoms with van der Waals surface area (Å²) in [6.07, 6.45) is 4.74. The number of aryl methyl sites for hydroxylation is 1. The number of nitrogens with zero attached hydrogens (tertiary/aromatic N) is 3. The average Bonchev–Trinajstić information content (AvgIpc) is 2.96. The van der Waals surface area contributed by atoms with Gasteiger partial charge in [0, 0.05) is 24.3 Å². The summed E-state index contributed by atoms with van der Waals surface area (Å²) >= 11 is 0. The molecule has 3 heterocycles. The molecule has 4 aromatic rings. The van der Waals surface area contributed by atoms with Gasteiger partial charge in [-0.05, 0) is 66.4 Å². The molecule has 0 amide bonds. The number of anilines is 1. The number of ether oxygens (including phenoxy) is 1. The molecule has 0 bridgehead atoms. The lowest BCUT2D eigenvalue weighted by molar-refractivity contribution is 0.0830. The Morgan fingerprint density at radius 1 is 1.00 bits per heavy atom.